The smallest absolute Gasteiger partial charge is 0.320 e. The summed E-state index contributed by atoms with van der Waals surface area (Å²) in [5, 5.41) is 8.92. The Kier molecular flexibility index (Phi) is 3.37. The average Bonchev–Trinajstić information content (AvgIpc) is 2.95. The first kappa shape index (κ1) is 12.8. The zero-order valence-electron chi connectivity index (χ0n) is 11.3. The SMILES string of the molecule is O=C(O)CC1CC2CCC(C1)N2C(=O)N1CCCC1. The van der Waals surface area contributed by atoms with Crippen LogP contribution in [-0.4, -0.2) is 52.1 Å². The van der Waals surface area contributed by atoms with Crippen molar-refractivity contribution in [3.05, 3.63) is 0 Å². The van der Waals surface area contributed by atoms with Crippen LogP contribution in [0.25, 0.3) is 0 Å². The molecule has 3 saturated heterocycles. The van der Waals surface area contributed by atoms with Crippen LogP contribution in [0.3, 0.4) is 0 Å². The molecule has 0 aromatic carbocycles. The first-order valence-corrected chi connectivity index (χ1v) is 7.44. The molecule has 3 aliphatic rings. The van der Waals surface area contributed by atoms with Gasteiger partial charge >= 0.3 is 12.0 Å². The van der Waals surface area contributed by atoms with Gasteiger partial charge in [0, 0.05) is 31.6 Å². The summed E-state index contributed by atoms with van der Waals surface area (Å²) in [7, 11) is 0. The average molecular weight is 266 g/mol. The van der Waals surface area contributed by atoms with Crippen molar-refractivity contribution in [3.63, 3.8) is 0 Å². The number of carbonyl (C=O) groups is 2. The van der Waals surface area contributed by atoms with Crippen molar-refractivity contribution in [2.24, 2.45) is 5.92 Å². The second-order valence-electron chi connectivity index (χ2n) is 6.20. The number of likely N-dealkylation sites (tertiary alicyclic amines) is 1. The van der Waals surface area contributed by atoms with Gasteiger partial charge in [-0.15, -0.1) is 0 Å². The van der Waals surface area contributed by atoms with Crippen LogP contribution >= 0.6 is 0 Å². The zero-order valence-corrected chi connectivity index (χ0v) is 11.3. The highest BCUT2D eigenvalue weighted by molar-refractivity contribution is 5.76. The molecule has 0 aromatic heterocycles. The van der Waals surface area contributed by atoms with Crippen molar-refractivity contribution in [1.29, 1.82) is 0 Å². The Morgan fingerprint density at radius 2 is 1.63 bits per heavy atom. The molecule has 0 spiro atoms. The monoisotopic (exact) mass is 266 g/mol. The Hall–Kier alpha value is -1.26. The molecule has 2 bridgehead atoms. The van der Waals surface area contributed by atoms with Crippen molar-refractivity contribution in [2.75, 3.05) is 13.1 Å². The maximum Gasteiger partial charge on any atom is 0.320 e. The van der Waals surface area contributed by atoms with Crippen LogP contribution in [0.15, 0.2) is 0 Å². The Morgan fingerprint density at radius 1 is 1.05 bits per heavy atom. The lowest BCUT2D eigenvalue weighted by Crippen LogP contribution is -2.51. The molecule has 0 aromatic rings. The standard InChI is InChI=1S/C14H22N2O3/c17-13(18)9-10-7-11-3-4-12(8-10)16(11)14(19)15-5-1-2-6-15/h10-12H,1-9H2,(H,17,18). The van der Waals surface area contributed by atoms with E-state index >= 15 is 0 Å². The molecule has 2 atom stereocenters. The second kappa shape index (κ2) is 5.02. The van der Waals surface area contributed by atoms with Crippen molar-refractivity contribution in [3.8, 4) is 0 Å². The molecule has 2 unspecified atom stereocenters. The predicted octanol–water partition coefficient (Wildman–Crippen LogP) is 1.92. The molecule has 0 aliphatic carbocycles. The third-order valence-electron chi connectivity index (χ3n) is 4.89. The maximum absolute atomic E-state index is 12.5. The largest absolute Gasteiger partial charge is 0.481 e. The first-order valence-electron chi connectivity index (χ1n) is 7.44. The van der Waals surface area contributed by atoms with Crippen LogP contribution in [-0.2, 0) is 4.79 Å². The van der Waals surface area contributed by atoms with E-state index in [2.05, 4.69) is 4.90 Å². The lowest BCUT2D eigenvalue weighted by atomic mass is 9.88. The fourth-order valence-corrected chi connectivity index (χ4v) is 4.09. The lowest BCUT2D eigenvalue weighted by Gasteiger charge is -2.40. The number of hydrogen-bond donors (Lipinski definition) is 1. The molecule has 19 heavy (non-hydrogen) atoms. The van der Waals surface area contributed by atoms with E-state index in [9.17, 15) is 9.59 Å². The quantitative estimate of drug-likeness (QED) is 0.830. The number of carbonyl (C=O) groups excluding carboxylic acids is 1. The molecule has 3 rings (SSSR count). The summed E-state index contributed by atoms with van der Waals surface area (Å²) in [5.74, 6) is -0.443. The molecule has 2 amide bonds. The Morgan fingerprint density at radius 3 is 2.16 bits per heavy atom. The van der Waals surface area contributed by atoms with Gasteiger partial charge in [0.05, 0.1) is 0 Å². The minimum atomic E-state index is -0.705. The predicted molar refractivity (Wildman–Crippen MR) is 69.8 cm³/mol. The van der Waals surface area contributed by atoms with Crippen molar-refractivity contribution >= 4 is 12.0 Å². The Bertz CT molecular complexity index is 365. The third kappa shape index (κ3) is 2.42. The summed E-state index contributed by atoms with van der Waals surface area (Å²) in [4.78, 5) is 27.4. The summed E-state index contributed by atoms with van der Waals surface area (Å²) in [6.07, 6.45) is 6.37. The van der Waals surface area contributed by atoms with E-state index in [0.717, 1.165) is 51.6 Å². The number of urea groups is 1. The molecule has 0 saturated carbocycles. The Labute approximate surface area is 113 Å². The summed E-state index contributed by atoms with van der Waals surface area (Å²) >= 11 is 0. The summed E-state index contributed by atoms with van der Waals surface area (Å²) in [6.45, 7) is 1.79. The van der Waals surface area contributed by atoms with E-state index in [1.807, 2.05) is 4.90 Å². The fraction of sp³-hybridized carbons (Fsp3) is 0.857. The van der Waals surface area contributed by atoms with Gasteiger partial charge in [-0.3, -0.25) is 4.79 Å². The van der Waals surface area contributed by atoms with E-state index in [-0.39, 0.29) is 30.5 Å². The van der Waals surface area contributed by atoms with Gasteiger partial charge in [0.15, 0.2) is 0 Å². The summed E-state index contributed by atoms with van der Waals surface area (Å²) < 4.78 is 0. The lowest BCUT2D eigenvalue weighted by molar-refractivity contribution is -0.138. The molecular weight excluding hydrogens is 244 g/mol. The summed E-state index contributed by atoms with van der Waals surface area (Å²) in [6, 6.07) is 0.783. The topological polar surface area (TPSA) is 60.9 Å². The minimum Gasteiger partial charge on any atom is -0.481 e. The van der Waals surface area contributed by atoms with Gasteiger partial charge in [-0.25, -0.2) is 4.79 Å². The number of fused-ring (bicyclic) bond motifs is 2. The Balaban J connectivity index is 1.65. The van der Waals surface area contributed by atoms with Gasteiger partial charge in [0.2, 0.25) is 0 Å². The van der Waals surface area contributed by atoms with Gasteiger partial charge in [-0.05, 0) is 44.4 Å². The molecule has 3 fully saturated rings. The van der Waals surface area contributed by atoms with Crippen LogP contribution in [0.1, 0.15) is 44.9 Å². The second-order valence-corrected chi connectivity index (χ2v) is 6.20. The zero-order chi connectivity index (χ0) is 13.4. The fourth-order valence-electron chi connectivity index (χ4n) is 4.09. The van der Waals surface area contributed by atoms with Crippen LogP contribution in [0.4, 0.5) is 4.79 Å². The highest BCUT2D eigenvalue weighted by atomic mass is 16.4. The molecule has 0 radical (unpaired) electrons. The number of aliphatic carboxylic acids is 1. The molecule has 3 heterocycles. The molecule has 5 nitrogen and oxygen atoms in total. The van der Waals surface area contributed by atoms with Crippen molar-refractivity contribution < 1.29 is 14.7 Å². The number of rotatable bonds is 2. The van der Waals surface area contributed by atoms with E-state index in [4.69, 9.17) is 5.11 Å². The summed E-state index contributed by atoms with van der Waals surface area (Å²) in [5.41, 5.74) is 0. The van der Waals surface area contributed by atoms with Crippen LogP contribution in [0.2, 0.25) is 0 Å². The molecule has 5 heteroatoms. The van der Waals surface area contributed by atoms with Gasteiger partial charge in [0.1, 0.15) is 0 Å². The highest BCUT2D eigenvalue weighted by Crippen LogP contribution is 2.40. The van der Waals surface area contributed by atoms with Crippen molar-refractivity contribution in [1.82, 2.24) is 9.80 Å². The van der Waals surface area contributed by atoms with Gasteiger partial charge in [0.25, 0.3) is 0 Å². The van der Waals surface area contributed by atoms with Crippen molar-refractivity contribution in [2.45, 2.75) is 57.0 Å². The molecular formula is C14H22N2O3. The van der Waals surface area contributed by atoms with Crippen LogP contribution in [0, 0.1) is 5.92 Å². The number of nitrogens with zero attached hydrogens (tertiary/aromatic N) is 2. The first-order chi connectivity index (χ1) is 9.15. The number of amides is 2. The van der Waals surface area contributed by atoms with E-state index < -0.39 is 5.97 Å². The van der Waals surface area contributed by atoms with E-state index in [1.165, 1.54) is 0 Å². The minimum absolute atomic E-state index is 0.207. The molecule has 1 N–H and O–H groups in total. The normalized spacial score (nSPS) is 33.8. The van der Waals surface area contributed by atoms with Crippen LogP contribution < -0.4 is 0 Å². The van der Waals surface area contributed by atoms with Gasteiger partial charge in [-0.2, -0.15) is 0 Å². The van der Waals surface area contributed by atoms with E-state index in [0.29, 0.717) is 0 Å². The van der Waals surface area contributed by atoms with Gasteiger partial charge in [-0.1, -0.05) is 0 Å². The van der Waals surface area contributed by atoms with Gasteiger partial charge < -0.3 is 14.9 Å². The number of hydrogen-bond acceptors (Lipinski definition) is 2. The third-order valence-corrected chi connectivity index (χ3v) is 4.89. The highest BCUT2D eigenvalue weighted by Gasteiger charge is 2.44. The van der Waals surface area contributed by atoms with Crippen LogP contribution in [0.5, 0.6) is 0 Å². The number of piperidine rings is 1. The number of carboxylic acids is 1. The maximum atomic E-state index is 12.5. The number of carboxylic acid groups (broad SMARTS) is 1. The van der Waals surface area contributed by atoms with E-state index in [1.54, 1.807) is 0 Å². The molecule has 106 valence electrons. The molecule has 3 aliphatic heterocycles.